The summed E-state index contributed by atoms with van der Waals surface area (Å²) < 4.78 is 64.6. The molecule has 0 aliphatic rings. The van der Waals surface area contributed by atoms with E-state index in [4.69, 9.17) is 0 Å². The van der Waals surface area contributed by atoms with Crippen molar-refractivity contribution in [2.24, 2.45) is 0 Å². The van der Waals surface area contributed by atoms with E-state index in [1.54, 1.807) is 6.07 Å². The van der Waals surface area contributed by atoms with Gasteiger partial charge in [-0.05, 0) is 30.3 Å². The predicted molar refractivity (Wildman–Crippen MR) is 75.9 cm³/mol. The van der Waals surface area contributed by atoms with Gasteiger partial charge in [0, 0.05) is 22.0 Å². The minimum absolute atomic E-state index is 0.0744. The third-order valence-electron chi connectivity index (χ3n) is 2.61. The van der Waals surface area contributed by atoms with E-state index in [1.165, 1.54) is 24.5 Å². The monoisotopic (exact) mass is 331 g/mol. The molecule has 112 valence electrons. The molecule has 0 aromatic heterocycles. The van der Waals surface area contributed by atoms with E-state index in [9.17, 15) is 21.4 Å². The van der Waals surface area contributed by atoms with Gasteiger partial charge >= 0.3 is 0 Å². The van der Waals surface area contributed by atoms with Crippen LogP contribution in [0.2, 0.25) is 0 Å². The molecule has 1 atom stereocenters. The standard InChI is InChI=1S/C13H11F2NO3S2/c1-20(17)10-5-2-4-9(8-10)16-21(18,19)13-11(14)6-3-7-12(13)15/h2-8,16H,1H3. The number of halogens is 2. The summed E-state index contributed by atoms with van der Waals surface area (Å²) in [6.07, 6.45) is 1.43. The summed E-state index contributed by atoms with van der Waals surface area (Å²) in [6, 6.07) is 8.57. The van der Waals surface area contributed by atoms with E-state index in [0.717, 1.165) is 18.2 Å². The van der Waals surface area contributed by atoms with E-state index in [-0.39, 0.29) is 5.69 Å². The van der Waals surface area contributed by atoms with Crippen LogP contribution in [0.1, 0.15) is 0 Å². The Bertz CT molecular complexity index is 787. The topological polar surface area (TPSA) is 63.2 Å². The first kappa shape index (κ1) is 15.6. The summed E-state index contributed by atoms with van der Waals surface area (Å²) in [5.41, 5.74) is 0.0744. The molecule has 0 radical (unpaired) electrons. The average molecular weight is 331 g/mol. The summed E-state index contributed by atoms with van der Waals surface area (Å²) in [7, 11) is -5.72. The number of nitrogens with one attached hydrogen (secondary N) is 1. The maximum absolute atomic E-state index is 13.5. The van der Waals surface area contributed by atoms with Crippen LogP contribution in [0.5, 0.6) is 0 Å². The third kappa shape index (κ3) is 3.45. The van der Waals surface area contributed by atoms with Gasteiger partial charge in [0.1, 0.15) is 11.6 Å². The number of rotatable bonds is 4. The molecule has 1 N–H and O–H groups in total. The maximum Gasteiger partial charge on any atom is 0.267 e. The highest BCUT2D eigenvalue weighted by molar-refractivity contribution is 7.92. The molecule has 0 saturated heterocycles. The lowest BCUT2D eigenvalue weighted by Crippen LogP contribution is -2.16. The van der Waals surface area contributed by atoms with Crippen LogP contribution in [0, 0.1) is 11.6 Å². The Morgan fingerprint density at radius 1 is 1.05 bits per heavy atom. The van der Waals surface area contributed by atoms with Gasteiger partial charge in [0.2, 0.25) is 0 Å². The molecular weight excluding hydrogens is 320 g/mol. The summed E-state index contributed by atoms with van der Waals surface area (Å²) in [4.78, 5) is -0.655. The van der Waals surface area contributed by atoms with Crippen LogP contribution in [0.25, 0.3) is 0 Å². The number of sulfonamides is 1. The first-order chi connectivity index (χ1) is 9.81. The summed E-state index contributed by atoms with van der Waals surface area (Å²) in [5.74, 6) is -2.37. The van der Waals surface area contributed by atoms with Gasteiger partial charge in [-0.3, -0.25) is 8.93 Å². The van der Waals surface area contributed by atoms with Crippen molar-refractivity contribution in [2.75, 3.05) is 11.0 Å². The fourth-order valence-corrected chi connectivity index (χ4v) is 3.44. The van der Waals surface area contributed by atoms with Crippen LogP contribution in [0.4, 0.5) is 14.5 Å². The lowest BCUT2D eigenvalue weighted by molar-refractivity contribution is 0.521. The van der Waals surface area contributed by atoms with Crippen LogP contribution < -0.4 is 4.72 Å². The Morgan fingerprint density at radius 2 is 1.62 bits per heavy atom. The molecule has 21 heavy (non-hydrogen) atoms. The zero-order chi connectivity index (χ0) is 15.6. The van der Waals surface area contributed by atoms with E-state index >= 15 is 0 Å². The van der Waals surface area contributed by atoms with Crippen molar-refractivity contribution in [1.29, 1.82) is 0 Å². The molecule has 0 saturated carbocycles. The predicted octanol–water partition coefficient (Wildman–Crippen LogP) is 2.50. The van der Waals surface area contributed by atoms with E-state index in [2.05, 4.69) is 4.72 Å². The second kappa shape index (κ2) is 5.90. The molecule has 2 aromatic carbocycles. The van der Waals surface area contributed by atoms with Crippen molar-refractivity contribution in [3.63, 3.8) is 0 Å². The fraction of sp³-hybridized carbons (Fsp3) is 0.0769. The average Bonchev–Trinajstić information content (AvgIpc) is 2.37. The maximum atomic E-state index is 13.5. The number of hydrogen-bond acceptors (Lipinski definition) is 3. The van der Waals surface area contributed by atoms with E-state index in [0.29, 0.717) is 4.90 Å². The van der Waals surface area contributed by atoms with Crippen molar-refractivity contribution in [3.05, 3.63) is 54.1 Å². The van der Waals surface area contributed by atoms with Crippen molar-refractivity contribution in [3.8, 4) is 0 Å². The lowest BCUT2D eigenvalue weighted by atomic mass is 10.3. The Kier molecular flexibility index (Phi) is 4.38. The second-order valence-electron chi connectivity index (χ2n) is 4.14. The minimum Gasteiger partial charge on any atom is -0.279 e. The number of anilines is 1. The van der Waals surface area contributed by atoms with Crippen molar-refractivity contribution in [2.45, 2.75) is 9.79 Å². The first-order valence-electron chi connectivity index (χ1n) is 5.71. The van der Waals surface area contributed by atoms with Gasteiger partial charge in [0.25, 0.3) is 10.0 Å². The second-order valence-corrected chi connectivity index (χ2v) is 7.14. The normalized spacial score (nSPS) is 12.9. The molecule has 0 aliphatic carbocycles. The highest BCUT2D eigenvalue weighted by atomic mass is 32.2. The molecular formula is C13H11F2NO3S2. The SMILES string of the molecule is CS(=O)c1cccc(NS(=O)(=O)c2c(F)cccc2F)c1. The summed E-state index contributed by atoms with van der Waals surface area (Å²) >= 11 is 0. The molecule has 0 fully saturated rings. The van der Waals surface area contributed by atoms with Crippen molar-refractivity contribution < 1.29 is 21.4 Å². The summed E-state index contributed by atoms with van der Waals surface area (Å²) in [5, 5.41) is 0. The zero-order valence-corrected chi connectivity index (χ0v) is 12.5. The molecule has 0 bridgehead atoms. The number of benzene rings is 2. The van der Waals surface area contributed by atoms with Gasteiger partial charge in [-0.2, -0.15) is 0 Å². The number of hydrogen-bond donors (Lipinski definition) is 1. The zero-order valence-electron chi connectivity index (χ0n) is 10.8. The van der Waals surface area contributed by atoms with E-state index < -0.39 is 37.4 Å². The Labute approximate surface area is 123 Å². The molecule has 0 heterocycles. The van der Waals surface area contributed by atoms with Crippen molar-refractivity contribution >= 4 is 26.5 Å². The third-order valence-corrected chi connectivity index (χ3v) is 4.96. The quantitative estimate of drug-likeness (QED) is 0.936. The smallest absolute Gasteiger partial charge is 0.267 e. The molecule has 0 aliphatic heterocycles. The molecule has 1 unspecified atom stereocenters. The molecule has 2 aromatic rings. The van der Waals surface area contributed by atoms with Crippen LogP contribution in [-0.2, 0) is 20.8 Å². The minimum atomic E-state index is -4.42. The highest BCUT2D eigenvalue weighted by Gasteiger charge is 2.23. The highest BCUT2D eigenvalue weighted by Crippen LogP contribution is 2.22. The summed E-state index contributed by atoms with van der Waals surface area (Å²) in [6.45, 7) is 0. The molecule has 0 amide bonds. The largest absolute Gasteiger partial charge is 0.279 e. The van der Waals surface area contributed by atoms with E-state index in [1.807, 2.05) is 0 Å². The van der Waals surface area contributed by atoms with Crippen LogP contribution in [-0.4, -0.2) is 18.9 Å². The molecule has 8 heteroatoms. The first-order valence-corrected chi connectivity index (χ1v) is 8.76. The molecule has 0 spiro atoms. The van der Waals surface area contributed by atoms with Gasteiger partial charge in [-0.1, -0.05) is 12.1 Å². The lowest BCUT2D eigenvalue weighted by Gasteiger charge is -2.10. The van der Waals surface area contributed by atoms with Crippen LogP contribution in [0.15, 0.2) is 52.3 Å². The van der Waals surface area contributed by atoms with Gasteiger partial charge in [0.05, 0.1) is 5.69 Å². The molecule has 2 rings (SSSR count). The van der Waals surface area contributed by atoms with Crippen molar-refractivity contribution in [1.82, 2.24) is 0 Å². The Hall–Kier alpha value is -1.80. The fourth-order valence-electron chi connectivity index (χ4n) is 1.68. The Morgan fingerprint density at radius 3 is 2.19 bits per heavy atom. The van der Waals surface area contributed by atoms with Gasteiger partial charge < -0.3 is 0 Å². The van der Waals surface area contributed by atoms with Crippen LogP contribution >= 0.6 is 0 Å². The van der Waals surface area contributed by atoms with Crippen LogP contribution in [0.3, 0.4) is 0 Å². The van der Waals surface area contributed by atoms with Gasteiger partial charge in [-0.15, -0.1) is 0 Å². The molecule has 4 nitrogen and oxygen atoms in total. The Balaban J connectivity index is 2.43. The van der Waals surface area contributed by atoms with Gasteiger partial charge in [-0.25, -0.2) is 17.2 Å². The van der Waals surface area contributed by atoms with Gasteiger partial charge in [0.15, 0.2) is 4.90 Å².